The second-order valence-corrected chi connectivity index (χ2v) is 8.41. The number of aliphatic imine (C=N–C) groups is 1. The van der Waals surface area contributed by atoms with Crippen LogP contribution in [0, 0.1) is 0 Å². The van der Waals surface area contributed by atoms with Crippen LogP contribution in [0.25, 0.3) is 6.08 Å². The summed E-state index contributed by atoms with van der Waals surface area (Å²) in [6.45, 7) is 0.250. The molecule has 1 amide bonds. The molecule has 1 saturated heterocycles. The molecular formula is C26H22N2O6S. The topological polar surface area (TPSA) is 106 Å². The van der Waals surface area contributed by atoms with E-state index in [2.05, 4.69) is 10.3 Å². The van der Waals surface area contributed by atoms with Gasteiger partial charge in [0.1, 0.15) is 12.4 Å². The molecule has 0 spiro atoms. The molecule has 8 nitrogen and oxygen atoms in total. The molecule has 0 atom stereocenters. The van der Waals surface area contributed by atoms with Gasteiger partial charge in [-0.15, -0.1) is 0 Å². The number of carboxylic acids is 1. The minimum Gasteiger partial charge on any atom is -0.497 e. The Morgan fingerprint density at radius 2 is 1.74 bits per heavy atom. The Balaban J connectivity index is 1.45. The van der Waals surface area contributed by atoms with E-state index < -0.39 is 5.97 Å². The maximum absolute atomic E-state index is 12.4. The zero-order valence-corrected chi connectivity index (χ0v) is 19.8. The van der Waals surface area contributed by atoms with E-state index in [0.29, 0.717) is 27.3 Å². The van der Waals surface area contributed by atoms with Crippen LogP contribution in [-0.4, -0.2) is 36.4 Å². The van der Waals surface area contributed by atoms with Crippen molar-refractivity contribution in [2.24, 2.45) is 4.99 Å². The number of nitrogens with one attached hydrogen (secondary N) is 1. The van der Waals surface area contributed by atoms with Gasteiger partial charge in [-0.05, 0) is 77.5 Å². The van der Waals surface area contributed by atoms with E-state index in [1.807, 2.05) is 18.2 Å². The lowest BCUT2D eigenvalue weighted by Gasteiger charge is -2.11. The molecule has 0 radical (unpaired) electrons. The molecule has 2 N–H and O–H groups in total. The number of carbonyl (C=O) groups is 2. The predicted molar refractivity (Wildman–Crippen MR) is 135 cm³/mol. The van der Waals surface area contributed by atoms with Gasteiger partial charge in [-0.2, -0.15) is 0 Å². The first-order chi connectivity index (χ1) is 16.9. The summed E-state index contributed by atoms with van der Waals surface area (Å²) < 4.78 is 16.5. The van der Waals surface area contributed by atoms with Gasteiger partial charge >= 0.3 is 5.97 Å². The van der Waals surface area contributed by atoms with Crippen molar-refractivity contribution in [2.75, 3.05) is 14.2 Å². The average molecular weight is 491 g/mol. The van der Waals surface area contributed by atoms with Crippen molar-refractivity contribution in [3.8, 4) is 17.2 Å². The Labute approximate surface area is 206 Å². The summed E-state index contributed by atoms with van der Waals surface area (Å²) in [7, 11) is 3.14. The smallest absolute Gasteiger partial charge is 0.335 e. The lowest BCUT2D eigenvalue weighted by Crippen LogP contribution is -2.19. The van der Waals surface area contributed by atoms with E-state index in [-0.39, 0.29) is 18.1 Å². The fourth-order valence-electron chi connectivity index (χ4n) is 3.20. The van der Waals surface area contributed by atoms with Crippen LogP contribution in [-0.2, 0) is 11.4 Å². The average Bonchev–Trinajstić information content (AvgIpc) is 3.21. The van der Waals surface area contributed by atoms with Crippen LogP contribution in [0.3, 0.4) is 0 Å². The number of amides is 1. The number of carboxylic acid groups (broad SMARTS) is 1. The lowest BCUT2D eigenvalue weighted by molar-refractivity contribution is -0.115. The molecule has 1 fully saturated rings. The number of amidine groups is 1. The quantitative estimate of drug-likeness (QED) is 0.434. The zero-order valence-electron chi connectivity index (χ0n) is 19.0. The SMILES string of the molecule is COc1ccc(N=C2NC(=O)/C(=C\c3ccc(OCc4ccc(C(=O)O)cc4)c(OC)c3)S2)cc1. The van der Waals surface area contributed by atoms with Crippen molar-refractivity contribution in [2.45, 2.75) is 6.61 Å². The van der Waals surface area contributed by atoms with Crippen LogP contribution in [0.2, 0.25) is 0 Å². The molecule has 4 rings (SSSR count). The maximum Gasteiger partial charge on any atom is 0.335 e. The number of hydrogen-bond donors (Lipinski definition) is 2. The van der Waals surface area contributed by atoms with E-state index in [9.17, 15) is 9.59 Å². The number of nitrogens with zero attached hydrogens (tertiary/aromatic N) is 1. The van der Waals surface area contributed by atoms with Crippen molar-refractivity contribution in [3.63, 3.8) is 0 Å². The molecular weight excluding hydrogens is 468 g/mol. The van der Waals surface area contributed by atoms with Gasteiger partial charge in [0.05, 0.1) is 30.4 Å². The van der Waals surface area contributed by atoms with Crippen LogP contribution in [0.5, 0.6) is 17.2 Å². The van der Waals surface area contributed by atoms with Crippen LogP contribution in [0.15, 0.2) is 76.6 Å². The standard InChI is InChI=1S/C26H22N2O6S/c1-32-20-10-8-19(9-11-20)27-26-28-24(29)23(35-26)14-17-5-12-21(22(13-17)33-2)34-15-16-3-6-18(7-4-16)25(30)31/h3-14H,15H2,1-2H3,(H,30,31)(H,27,28,29)/b23-14+. The van der Waals surface area contributed by atoms with Crippen molar-refractivity contribution < 1.29 is 28.9 Å². The number of thioether (sulfide) groups is 1. The van der Waals surface area contributed by atoms with E-state index >= 15 is 0 Å². The highest BCUT2D eigenvalue weighted by Crippen LogP contribution is 2.33. The lowest BCUT2D eigenvalue weighted by atomic mass is 10.1. The monoisotopic (exact) mass is 490 g/mol. The Kier molecular flexibility index (Phi) is 7.37. The van der Waals surface area contributed by atoms with Gasteiger partial charge in [-0.1, -0.05) is 18.2 Å². The number of carbonyl (C=O) groups excluding carboxylic acids is 1. The van der Waals surface area contributed by atoms with E-state index in [0.717, 1.165) is 16.9 Å². The van der Waals surface area contributed by atoms with Crippen LogP contribution < -0.4 is 19.5 Å². The van der Waals surface area contributed by atoms with Gasteiger partial charge < -0.3 is 24.6 Å². The molecule has 0 bridgehead atoms. The first-order valence-corrected chi connectivity index (χ1v) is 11.3. The fraction of sp³-hybridized carbons (Fsp3) is 0.115. The van der Waals surface area contributed by atoms with Crippen LogP contribution in [0.4, 0.5) is 5.69 Å². The Morgan fingerprint density at radius 3 is 2.40 bits per heavy atom. The number of methoxy groups -OCH3 is 2. The molecule has 0 unspecified atom stereocenters. The summed E-state index contributed by atoms with van der Waals surface area (Å²) in [5, 5.41) is 12.3. The minimum atomic E-state index is -0.975. The summed E-state index contributed by atoms with van der Waals surface area (Å²) in [5.41, 5.74) is 2.51. The van der Waals surface area contributed by atoms with Crippen LogP contribution in [0.1, 0.15) is 21.5 Å². The summed E-state index contributed by atoms with van der Waals surface area (Å²) in [5.74, 6) is 0.567. The number of benzene rings is 3. The molecule has 1 aliphatic heterocycles. The molecule has 0 aliphatic carbocycles. The van der Waals surface area contributed by atoms with Crippen molar-refractivity contribution >= 4 is 40.6 Å². The highest BCUT2D eigenvalue weighted by Gasteiger charge is 2.24. The summed E-state index contributed by atoms with van der Waals surface area (Å²) in [4.78, 5) is 28.4. The molecule has 3 aromatic rings. The molecule has 1 heterocycles. The Bertz CT molecular complexity index is 1300. The Hall–Kier alpha value is -4.24. The maximum atomic E-state index is 12.4. The van der Waals surface area contributed by atoms with Gasteiger partial charge in [0.25, 0.3) is 5.91 Å². The number of ether oxygens (including phenoxy) is 3. The third-order valence-electron chi connectivity index (χ3n) is 5.03. The molecule has 0 saturated carbocycles. The second kappa shape index (κ2) is 10.8. The first-order valence-electron chi connectivity index (χ1n) is 10.5. The molecule has 9 heteroatoms. The molecule has 3 aromatic carbocycles. The highest BCUT2D eigenvalue weighted by molar-refractivity contribution is 8.18. The largest absolute Gasteiger partial charge is 0.497 e. The van der Waals surface area contributed by atoms with Gasteiger partial charge in [-0.3, -0.25) is 4.79 Å². The first kappa shape index (κ1) is 23.9. The van der Waals surface area contributed by atoms with E-state index in [4.69, 9.17) is 19.3 Å². The van der Waals surface area contributed by atoms with Crippen molar-refractivity contribution in [1.29, 1.82) is 0 Å². The predicted octanol–water partition coefficient (Wildman–Crippen LogP) is 4.87. The third-order valence-corrected chi connectivity index (χ3v) is 5.94. The number of aromatic carboxylic acids is 1. The molecule has 1 aliphatic rings. The second-order valence-electron chi connectivity index (χ2n) is 7.38. The van der Waals surface area contributed by atoms with E-state index in [1.54, 1.807) is 49.6 Å². The number of hydrogen-bond acceptors (Lipinski definition) is 7. The van der Waals surface area contributed by atoms with Crippen molar-refractivity contribution in [1.82, 2.24) is 5.32 Å². The normalized spacial score (nSPS) is 15.2. The Morgan fingerprint density at radius 1 is 1.00 bits per heavy atom. The number of rotatable bonds is 8. The molecule has 178 valence electrons. The highest BCUT2D eigenvalue weighted by atomic mass is 32.2. The van der Waals surface area contributed by atoms with Gasteiger partial charge in [-0.25, -0.2) is 9.79 Å². The summed E-state index contributed by atoms with van der Waals surface area (Å²) in [6, 6.07) is 19.1. The van der Waals surface area contributed by atoms with E-state index in [1.165, 1.54) is 31.0 Å². The zero-order chi connectivity index (χ0) is 24.8. The molecule has 0 aromatic heterocycles. The van der Waals surface area contributed by atoms with Gasteiger partial charge in [0, 0.05) is 0 Å². The van der Waals surface area contributed by atoms with Gasteiger partial charge in [0.2, 0.25) is 0 Å². The van der Waals surface area contributed by atoms with Crippen LogP contribution >= 0.6 is 11.8 Å². The third kappa shape index (κ3) is 6.01. The summed E-state index contributed by atoms with van der Waals surface area (Å²) in [6.07, 6.45) is 1.76. The molecule has 35 heavy (non-hydrogen) atoms. The summed E-state index contributed by atoms with van der Waals surface area (Å²) >= 11 is 1.25. The van der Waals surface area contributed by atoms with Gasteiger partial charge in [0.15, 0.2) is 16.7 Å². The fourth-order valence-corrected chi connectivity index (χ4v) is 4.05. The van der Waals surface area contributed by atoms with Crippen molar-refractivity contribution in [3.05, 3.63) is 88.3 Å². The minimum absolute atomic E-state index is 0.217.